The van der Waals surface area contributed by atoms with E-state index in [1.54, 1.807) is 0 Å². The molecule has 2 aliphatic rings. The van der Waals surface area contributed by atoms with Crippen LogP contribution in [0.4, 0.5) is 0 Å². The first-order valence-electron chi connectivity index (χ1n) is 7.37. The van der Waals surface area contributed by atoms with Gasteiger partial charge in [0.1, 0.15) is 6.61 Å². The average Bonchev–Trinajstić information content (AvgIpc) is 2.93. The molecule has 3 rings (SSSR count). The Morgan fingerprint density at radius 3 is 2.80 bits per heavy atom. The van der Waals surface area contributed by atoms with Crippen molar-refractivity contribution in [3.8, 4) is 0 Å². The Bertz CT molecular complexity index is 471. The summed E-state index contributed by atoms with van der Waals surface area (Å²) in [6.45, 7) is 4.76. The Morgan fingerprint density at radius 1 is 1.40 bits per heavy atom. The molecule has 4 heteroatoms. The zero-order valence-corrected chi connectivity index (χ0v) is 12.0. The number of carbonyl (C=O) groups is 1. The molecule has 1 aromatic carbocycles. The first kappa shape index (κ1) is 13.6. The lowest BCUT2D eigenvalue weighted by Crippen LogP contribution is -2.59. The summed E-state index contributed by atoms with van der Waals surface area (Å²) in [6.07, 6.45) is 2.12. The van der Waals surface area contributed by atoms with Gasteiger partial charge < -0.3 is 15.0 Å². The number of nitrogens with zero attached hydrogens (tertiary/aromatic N) is 1. The highest BCUT2D eigenvalue weighted by atomic mass is 16.5. The van der Waals surface area contributed by atoms with Crippen LogP contribution >= 0.6 is 0 Å². The van der Waals surface area contributed by atoms with Crippen LogP contribution < -0.4 is 5.32 Å². The zero-order chi connectivity index (χ0) is 14.0. The number of rotatable bonds is 4. The molecule has 0 bridgehead atoms. The van der Waals surface area contributed by atoms with Gasteiger partial charge in [-0.1, -0.05) is 30.3 Å². The minimum atomic E-state index is -0.155. The summed E-state index contributed by atoms with van der Waals surface area (Å²) in [5.74, 6) is 0.115. The van der Waals surface area contributed by atoms with E-state index in [4.69, 9.17) is 4.74 Å². The van der Waals surface area contributed by atoms with Crippen molar-refractivity contribution in [1.82, 2.24) is 10.2 Å². The lowest BCUT2D eigenvalue weighted by molar-refractivity contribution is -0.146. The number of amides is 1. The molecule has 108 valence electrons. The molecule has 1 unspecified atom stereocenters. The van der Waals surface area contributed by atoms with E-state index in [9.17, 15) is 4.79 Å². The Hall–Kier alpha value is -1.39. The summed E-state index contributed by atoms with van der Waals surface area (Å²) in [7, 11) is 0. The molecule has 0 aromatic heterocycles. The van der Waals surface area contributed by atoms with Gasteiger partial charge in [-0.3, -0.25) is 4.79 Å². The van der Waals surface area contributed by atoms with Crippen molar-refractivity contribution in [1.29, 1.82) is 0 Å². The largest absolute Gasteiger partial charge is 0.363 e. The fourth-order valence-corrected chi connectivity index (χ4v) is 2.98. The third kappa shape index (κ3) is 2.72. The van der Waals surface area contributed by atoms with Gasteiger partial charge in [0.05, 0.1) is 11.6 Å². The van der Waals surface area contributed by atoms with E-state index in [0.29, 0.717) is 0 Å². The van der Waals surface area contributed by atoms with Crippen LogP contribution in [0.3, 0.4) is 0 Å². The summed E-state index contributed by atoms with van der Waals surface area (Å²) in [5, 5.41) is 3.18. The quantitative estimate of drug-likeness (QED) is 0.909. The SMILES string of the molecule is CC1(OCC(=O)N2CCCC2c2ccccc2)CNC1. The highest BCUT2D eigenvalue weighted by Gasteiger charge is 2.35. The summed E-state index contributed by atoms with van der Waals surface area (Å²) in [5.41, 5.74) is 1.08. The van der Waals surface area contributed by atoms with E-state index < -0.39 is 0 Å². The van der Waals surface area contributed by atoms with Crippen molar-refractivity contribution in [3.05, 3.63) is 35.9 Å². The van der Waals surface area contributed by atoms with Crippen LogP contribution in [0.2, 0.25) is 0 Å². The maximum Gasteiger partial charge on any atom is 0.249 e. The van der Waals surface area contributed by atoms with Gasteiger partial charge in [-0.2, -0.15) is 0 Å². The summed E-state index contributed by atoms with van der Waals surface area (Å²) in [4.78, 5) is 14.4. The number of ether oxygens (including phenoxy) is 1. The highest BCUT2D eigenvalue weighted by Crippen LogP contribution is 2.32. The summed E-state index contributed by atoms with van der Waals surface area (Å²) >= 11 is 0. The molecule has 0 saturated carbocycles. The fourth-order valence-electron chi connectivity index (χ4n) is 2.98. The third-order valence-electron chi connectivity index (χ3n) is 4.30. The van der Waals surface area contributed by atoms with Gasteiger partial charge >= 0.3 is 0 Å². The van der Waals surface area contributed by atoms with Crippen LogP contribution in [-0.4, -0.2) is 42.6 Å². The van der Waals surface area contributed by atoms with Gasteiger partial charge in [-0.15, -0.1) is 0 Å². The van der Waals surface area contributed by atoms with Crippen molar-refractivity contribution in [2.75, 3.05) is 26.2 Å². The van der Waals surface area contributed by atoms with Gasteiger partial charge in [0, 0.05) is 19.6 Å². The monoisotopic (exact) mass is 274 g/mol. The van der Waals surface area contributed by atoms with E-state index >= 15 is 0 Å². The molecule has 1 amide bonds. The predicted molar refractivity (Wildman–Crippen MR) is 77.4 cm³/mol. The number of hydrogen-bond acceptors (Lipinski definition) is 3. The van der Waals surface area contributed by atoms with E-state index in [1.165, 1.54) is 5.56 Å². The fraction of sp³-hybridized carbons (Fsp3) is 0.562. The van der Waals surface area contributed by atoms with Gasteiger partial charge in [-0.05, 0) is 25.3 Å². The number of nitrogens with one attached hydrogen (secondary N) is 1. The Morgan fingerprint density at radius 2 is 2.15 bits per heavy atom. The molecule has 1 atom stereocenters. The number of carbonyl (C=O) groups excluding carboxylic acids is 1. The molecular weight excluding hydrogens is 252 g/mol. The van der Waals surface area contributed by atoms with Crippen molar-refractivity contribution < 1.29 is 9.53 Å². The van der Waals surface area contributed by atoms with Crippen molar-refractivity contribution in [3.63, 3.8) is 0 Å². The second-order valence-electron chi connectivity index (χ2n) is 6.00. The lowest BCUT2D eigenvalue weighted by atomic mass is 10.0. The summed E-state index contributed by atoms with van der Waals surface area (Å²) in [6, 6.07) is 10.5. The van der Waals surface area contributed by atoms with Crippen LogP contribution in [0.1, 0.15) is 31.4 Å². The van der Waals surface area contributed by atoms with Crippen LogP contribution in [0.25, 0.3) is 0 Å². The zero-order valence-electron chi connectivity index (χ0n) is 12.0. The smallest absolute Gasteiger partial charge is 0.249 e. The molecule has 1 aromatic rings. The Kier molecular flexibility index (Phi) is 3.76. The minimum absolute atomic E-state index is 0.115. The molecule has 4 nitrogen and oxygen atoms in total. The minimum Gasteiger partial charge on any atom is -0.363 e. The van der Waals surface area contributed by atoms with Crippen LogP contribution in [0.5, 0.6) is 0 Å². The number of benzene rings is 1. The molecule has 0 aliphatic carbocycles. The maximum atomic E-state index is 12.4. The van der Waals surface area contributed by atoms with E-state index in [-0.39, 0.29) is 24.2 Å². The molecule has 2 saturated heterocycles. The molecule has 2 aliphatic heterocycles. The molecule has 20 heavy (non-hydrogen) atoms. The average molecular weight is 274 g/mol. The Balaban J connectivity index is 1.61. The second-order valence-corrected chi connectivity index (χ2v) is 6.00. The van der Waals surface area contributed by atoms with Crippen LogP contribution in [0.15, 0.2) is 30.3 Å². The molecule has 0 radical (unpaired) electrons. The van der Waals surface area contributed by atoms with Gasteiger partial charge in [-0.25, -0.2) is 0 Å². The first-order valence-corrected chi connectivity index (χ1v) is 7.37. The Labute approximate surface area is 120 Å². The standard InChI is InChI=1S/C16H22N2O2/c1-16(11-17-12-16)20-10-15(19)18-9-5-8-14(18)13-6-3-2-4-7-13/h2-4,6-7,14,17H,5,8-12H2,1H3. The van der Waals surface area contributed by atoms with E-state index in [1.807, 2.05) is 23.1 Å². The van der Waals surface area contributed by atoms with Gasteiger partial charge in [0.2, 0.25) is 5.91 Å². The van der Waals surface area contributed by atoms with Crippen LogP contribution in [-0.2, 0) is 9.53 Å². The number of hydrogen-bond donors (Lipinski definition) is 1. The van der Waals surface area contributed by atoms with Crippen LogP contribution in [0, 0.1) is 0 Å². The van der Waals surface area contributed by atoms with Crippen molar-refractivity contribution in [2.45, 2.75) is 31.4 Å². The topological polar surface area (TPSA) is 41.6 Å². The maximum absolute atomic E-state index is 12.4. The predicted octanol–water partition coefficient (Wildman–Crippen LogP) is 1.73. The first-order chi connectivity index (χ1) is 9.68. The third-order valence-corrected chi connectivity index (χ3v) is 4.30. The highest BCUT2D eigenvalue weighted by molar-refractivity contribution is 5.78. The van der Waals surface area contributed by atoms with E-state index in [2.05, 4.69) is 24.4 Å². The number of likely N-dealkylation sites (tertiary alicyclic amines) is 1. The molecular formula is C16H22N2O2. The normalized spacial score (nSPS) is 24.4. The molecule has 2 heterocycles. The lowest BCUT2D eigenvalue weighted by Gasteiger charge is -2.39. The molecule has 1 N–H and O–H groups in total. The van der Waals surface area contributed by atoms with E-state index in [0.717, 1.165) is 32.5 Å². The van der Waals surface area contributed by atoms with Gasteiger partial charge in [0.15, 0.2) is 0 Å². The van der Waals surface area contributed by atoms with Crippen molar-refractivity contribution in [2.24, 2.45) is 0 Å². The van der Waals surface area contributed by atoms with Crippen molar-refractivity contribution >= 4 is 5.91 Å². The molecule has 0 spiro atoms. The summed E-state index contributed by atoms with van der Waals surface area (Å²) < 4.78 is 5.77. The molecule has 2 fully saturated rings. The van der Waals surface area contributed by atoms with Gasteiger partial charge in [0.25, 0.3) is 0 Å². The second kappa shape index (κ2) is 5.54.